The molecule has 1 aromatic heterocycles. The third-order valence-corrected chi connectivity index (χ3v) is 6.06. The number of nitriles is 1. The average Bonchev–Trinajstić information content (AvgIpc) is 3.16. The topological polar surface area (TPSA) is 81.7 Å². The van der Waals surface area contributed by atoms with Gasteiger partial charge >= 0.3 is 0 Å². The summed E-state index contributed by atoms with van der Waals surface area (Å²) in [5, 5.41) is 18.0. The highest BCUT2D eigenvalue weighted by Crippen LogP contribution is 2.40. The molecule has 4 rings (SSSR count). The highest BCUT2D eigenvalue weighted by Gasteiger charge is 2.34. The van der Waals surface area contributed by atoms with Crippen molar-refractivity contribution in [2.45, 2.75) is 39.0 Å². The Morgan fingerprint density at radius 2 is 2.10 bits per heavy atom. The molecule has 2 aromatic rings. The number of fused-ring (bicyclic) bond motifs is 1. The molecule has 0 saturated carbocycles. The van der Waals surface area contributed by atoms with E-state index in [-0.39, 0.29) is 5.92 Å². The Hall–Kier alpha value is -3.16. The number of aromatic amines is 1. The van der Waals surface area contributed by atoms with E-state index in [4.69, 9.17) is 11.3 Å². The SMILES string of the molecule is [C-]#[N+]C1=C(C)N=C(C)C(C#N)C1c1ccc2[nH]nc(OCCN3CCCCC3)c2c1. The van der Waals surface area contributed by atoms with Crippen LogP contribution in [0.5, 0.6) is 5.88 Å². The van der Waals surface area contributed by atoms with Gasteiger partial charge < -0.3 is 4.74 Å². The molecular formula is C23H26N6O. The Morgan fingerprint density at radius 3 is 2.83 bits per heavy atom. The van der Waals surface area contributed by atoms with Crippen LogP contribution in [0.1, 0.15) is 44.6 Å². The van der Waals surface area contributed by atoms with Gasteiger partial charge in [0.05, 0.1) is 29.5 Å². The largest absolute Gasteiger partial charge is 0.475 e. The van der Waals surface area contributed by atoms with Gasteiger partial charge in [0.1, 0.15) is 6.61 Å². The number of piperidine rings is 1. The summed E-state index contributed by atoms with van der Waals surface area (Å²) in [5.74, 6) is -0.209. The van der Waals surface area contributed by atoms with E-state index in [1.54, 1.807) is 0 Å². The highest BCUT2D eigenvalue weighted by molar-refractivity contribution is 5.91. The van der Waals surface area contributed by atoms with Gasteiger partial charge in [-0.25, -0.2) is 4.85 Å². The summed E-state index contributed by atoms with van der Waals surface area (Å²) < 4.78 is 6.01. The minimum absolute atomic E-state index is 0.328. The number of H-pyrrole nitrogens is 1. The number of likely N-dealkylation sites (tertiary alicyclic amines) is 1. The molecule has 0 aliphatic carbocycles. The molecule has 0 spiro atoms. The molecule has 30 heavy (non-hydrogen) atoms. The molecule has 3 heterocycles. The van der Waals surface area contributed by atoms with Crippen molar-refractivity contribution in [1.29, 1.82) is 5.26 Å². The Morgan fingerprint density at radius 1 is 1.30 bits per heavy atom. The molecule has 7 nitrogen and oxygen atoms in total. The summed E-state index contributed by atoms with van der Waals surface area (Å²) in [6, 6.07) is 8.26. The molecule has 1 saturated heterocycles. The average molecular weight is 403 g/mol. The quantitative estimate of drug-likeness (QED) is 0.757. The number of allylic oxidation sites excluding steroid dienone is 2. The van der Waals surface area contributed by atoms with Crippen LogP contribution in [-0.2, 0) is 0 Å². The van der Waals surface area contributed by atoms with Gasteiger partial charge in [0.15, 0.2) is 5.70 Å². The number of hydrogen-bond donors (Lipinski definition) is 1. The van der Waals surface area contributed by atoms with Gasteiger partial charge in [0.25, 0.3) is 0 Å². The number of hydrogen-bond acceptors (Lipinski definition) is 5. The van der Waals surface area contributed by atoms with E-state index < -0.39 is 5.92 Å². The van der Waals surface area contributed by atoms with Crippen molar-refractivity contribution in [3.8, 4) is 11.9 Å². The van der Waals surface area contributed by atoms with Gasteiger partial charge in [-0.1, -0.05) is 12.5 Å². The number of benzene rings is 1. The van der Waals surface area contributed by atoms with E-state index in [2.05, 4.69) is 31.0 Å². The molecule has 2 unspecified atom stereocenters. The van der Waals surface area contributed by atoms with Crippen molar-refractivity contribution in [1.82, 2.24) is 15.1 Å². The van der Waals surface area contributed by atoms with Crippen molar-refractivity contribution in [3.05, 3.63) is 46.6 Å². The smallest absolute Gasteiger partial charge is 0.240 e. The van der Waals surface area contributed by atoms with Gasteiger partial charge in [0, 0.05) is 23.9 Å². The van der Waals surface area contributed by atoms with Gasteiger partial charge in [-0.3, -0.25) is 15.0 Å². The fourth-order valence-electron chi connectivity index (χ4n) is 4.45. The molecule has 7 heteroatoms. The molecule has 154 valence electrons. The summed E-state index contributed by atoms with van der Waals surface area (Å²) in [7, 11) is 0. The monoisotopic (exact) mass is 402 g/mol. The first-order chi connectivity index (χ1) is 14.6. The standard InChI is InChI=1S/C23H26N6O/c1-15-19(14-24)21(22(25-3)16(2)26-15)17-7-8-20-18(13-17)23(28-27-20)30-12-11-29-9-5-4-6-10-29/h7-8,13,19,21H,4-6,9-12H2,1-2H3,(H,27,28). The molecular weight excluding hydrogens is 376 g/mol. The normalized spacial score (nSPS) is 22.5. The first-order valence-electron chi connectivity index (χ1n) is 10.5. The summed E-state index contributed by atoms with van der Waals surface area (Å²) in [6.07, 6.45) is 3.84. The van der Waals surface area contributed by atoms with Crippen molar-refractivity contribution in [2.24, 2.45) is 10.9 Å². The van der Waals surface area contributed by atoms with Gasteiger partial charge in [-0.05, 0) is 57.5 Å². The van der Waals surface area contributed by atoms with Gasteiger partial charge in [-0.15, -0.1) is 5.10 Å². The van der Waals surface area contributed by atoms with E-state index in [0.29, 0.717) is 23.9 Å². The molecule has 2 aliphatic heterocycles. The van der Waals surface area contributed by atoms with Crippen LogP contribution < -0.4 is 4.74 Å². The van der Waals surface area contributed by atoms with Crippen molar-refractivity contribution >= 4 is 16.6 Å². The zero-order valence-corrected chi connectivity index (χ0v) is 17.5. The first-order valence-corrected chi connectivity index (χ1v) is 10.5. The van der Waals surface area contributed by atoms with Crippen LogP contribution in [0.25, 0.3) is 15.7 Å². The predicted molar refractivity (Wildman–Crippen MR) is 116 cm³/mol. The Kier molecular flexibility index (Phi) is 5.83. The lowest BCUT2D eigenvalue weighted by Crippen LogP contribution is -2.33. The second-order valence-electron chi connectivity index (χ2n) is 8.00. The molecule has 0 bridgehead atoms. The van der Waals surface area contributed by atoms with E-state index in [9.17, 15) is 5.26 Å². The summed E-state index contributed by atoms with van der Waals surface area (Å²) in [5.41, 5.74) is 3.76. The van der Waals surface area contributed by atoms with Gasteiger partial charge in [-0.2, -0.15) is 5.26 Å². The maximum atomic E-state index is 9.76. The number of ether oxygens (including phenoxy) is 1. The number of nitrogens with one attached hydrogen (secondary N) is 1. The third-order valence-electron chi connectivity index (χ3n) is 6.06. The van der Waals surface area contributed by atoms with Crippen molar-refractivity contribution in [2.75, 3.05) is 26.2 Å². The molecule has 1 aromatic carbocycles. The third kappa shape index (κ3) is 3.81. The Balaban J connectivity index is 1.60. The Labute approximate surface area is 176 Å². The fraction of sp³-hybridized carbons (Fsp3) is 0.478. The minimum atomic E-state index is -0.453. The molecule has 0 radical (unpaired) electrons. The fourth-order valence-corrected chi connectivity index (χ4v) is 4.45. The number of aliphatic imine (C=N–C) groups is 1. The van der Waals surface area contributed by atoms with Crippen LogP contribution in [0, 0.1) is 23.8 Å². The highest BCUT2D eigenvalue weighted by atomic mass is 16.5. The van der Waals surface area contributed by atoms with E-state index in [0.717, 1.165) is 41.8 Å². The second-order valence-corrected chi connectivity index (χ2v) is 8.00. The maximum Gasteiger partial charge on any atom is 0.240 e. The molecule has 2 aliphatic rings. The van der Waals surface area contributed by atoms with Crippen molar-refractivity contribution in [3.63, 3.8) is 0 Å². The van der Waals surface area contributed by atoms with Crippen LogP contribution in [0.2, 0.25) is 0 Å². The Bertz CT molecular complexity index is 1080. The van der Waals surface area contributed by atoms with E-state index >= 15 is 0 Å². The molecule has 1 N–H and O–H groups in total. The molecule has 0 amide bonds. The van der Waals surface area contributed by atoms with Gasteiger partial charge in [0.2, 0.25) is 5.88 Å². The lowest BCUT2D eigenvalue weighted by Gasteiger charge is -2.26. The van der Waals surface area contributed by atoms with E-state index in [1.807, 2.05) is 32.0 Å². The second kappa shape index (κ2) is 8.69. The number of nitrogens with zero attached hydrogens (tertiary/aromatic N) is 5. The summed E-state index contributed by atoms with van der Waals surface area (Å²) >= 11 is 0. The van der Waals surface area contributed by atoms with Crippen LogP contribution in [0.3, 0.4) is 0 Å². The maximum absolute atomic E-state index is 9.76. The van der Waals surface area contributed by atoms with Crippen molar-refractivity contribution < 1.29 is 4.74 Å². The summed E-state index contributed by atoms with van der Waals surface area (Å²) in [6.45, 7) is 15.1. The summed E-state index contributed by atoms with van der Waals surface area (Å²) in [4.78, 5) is 10.6. The minimum Gasteiger partial charge on any atom is -0.475 e. The zero-order valence-electron chi connectivity index (χ0n) is 17.5. The van der Waals surface area contributed by atoms with Crippen LogP contribution in [0.15, 0.2) is 34.6 Å². The lowest BCUT2D eigenvalue weighted by atomic mass is 9.79. The van der Waals surface area contributed by atoms with Crippen LogP contribution >= 0.6 is 0 Å². The first kappa shape index (κ1) is 20.1. The van der Waals surface area contributed by atoms with Crippen LogP contribution in [0.4, 0.5) is 0 Å². The predicted octanol–water partition coefficient (Wildman–Crippen LogP) is 4.28. The number of aromatic nitrogens is 2. The number of rotatable bonds is 5. The molecule has 2 atom stereocenters. The van der Waals surface area contributed by atoms with Crippen LogP contribution in [-0.4, -0.2) is 47.1 Å². The molecule has 1 fully saturated rings. The zero-order chi connectivity index (χ0) is 21.1. The van der Waals surface area contributed by atoms with E-state index in [1.165, 1.54) is 19.3 Å². The lowest BCUT2D eigenvalue weighted by molar-refractivity contribution is 0.181.